The van der Waals surface area contributed by atoms with Gasteiger partial charge in [-0.05, 0) is 49.2 Å². The number of nitrogens with zero attached hydrogens (tertiary/aromatic N) is 1. The van der Waals surface area contributed by atoms with Crippen LogP contribution in [0.4, 0.5) is 0 Å². The maximum Gasteiger partial charge on any atom is 0.337 e. The number of thioether (sulfide) groups is 1. The number of carbonyl (C=O) groups is 1. The van der Waals surface area contributed by atoms with Crippen LogP contribution < -0.4 is 4.57 Å². The van der Waals surface area contributed by atoms with E-state index >= 15 is 0 Å². The second-order valence-corrected chi connectivity index (χ2v) is 9.04. The summed E-state index contributed by atoms with van der Waals surface area (Å²) in [7, 11) is -0.842. The number of thiazole rings is 1. The summed E-state index contributed by atoms with van der Waals surface area (Å²) in [6, 6.07) is 11.4. The number of methoxy groups -OCH3 is 1. The van der Waals surface area contributed by atoms with Gasteiger partial charge >= 0.3 is 5.97 Å². The van der Waals surface area contributed by atoms with Crippen LogP contribution in [0.25, 0.3) is 10.2 Å². The highest BCUT2D eigenvalue weighted by Gasteiger charge is 2.17. The molecule has 0 aliphatic heterocycles. The van der Waals surface area contributed by atoms with Gasteiger partial charge in [-0.2, -0.15) is 4.57 Å². The first-order valence-corrected chi connectivity index (χ1v) is 11.2. The molecule has 0 saturated heterocycles. The smallest absolute Gasteiger partial charge is 0.337 e. The number of aryl methyl sites for hydroxylation is 2. The summed E-state index contributed by atoms with van der Waals surface area (Å²) in [5, 5.41) is 0. The molecule has 0 atom stereocenters. The van der Waals surface area contributed by atoms with Crippen molar-refractivity contribution in [3.05, 3.63) is 53.6 Å². The zero-order valence-corrected chi connectivity index (χ0v) is 17.7. The molecule has 1 aromatic heterocycles. The van der Waals surface area contributed by atoms with Crippen molar-refractivity contribution in [1.82, 2.24) is 0 Å². The molecule has 0 amide bonds. The minimum Gasteiger partial charge on any atom is -0.744 e. The summed E-state index contributed by atoms with van der Waals surface area (Å²) in [6.45, 7) is 1.82. The van der Waals surface area contributed by atoms with Crippen molar-refractivity contribution >= 4 is 49.4 Å². The molecule has 0 saturated carbocycles. The van der Waals surface area contributed by atoms with Crippen molar-refractivity contribution in [2.45, 2.75) is 16.2 Å². The number of hydrogen-bond donors (Lipinski definition) is 0. The van der Waals surface area contributed by atoms with E-state index in [1.54, 1.807) is 41.3 Å². The third kappa shape index (κ3) is 5.29. The summed E-state index contributed by atoms with van der Waals surface area (Å²) in [6.07, 6.45) is 2.05. The molecule has 27 heavy (non-hydrogen) atoms. The van der Waals surface area contributed by atoms with E-state index in [-0.39, 0.29) is 10.9 Å². The van der Waals surface area contributed by atoms with Crippen molar-refractivity contribution in [1.29, 1.82) is 0 Å². The molecule has 0 spiro atoms. The maximum atomic E-state index is 11.4. The number of benzene rings is 2. The zero-order valence-electron chi connectivity index (χ0n) is 15.3. The molecule has 0 fully saturated rings. The van der Waals surface area contributed by atoms with Crippen LogP contribution in [0.15, 0.2) is 51.7 Å². The van der Waals surface area contributed by atoms with Gasteiger partial charge in [-0.15, -0.1) is 0 Å². The molecule has 0 bridgehead atoms. The Morgan fingerprint density at radius 1 is 1.19 bits per heavy atom. The van der Waals surface area contributed by atoms with Gasteiger partial charge in [0.2, 0.25) is 5.52 Å². The Hall–Kier alpha value is -1.94. The molecular formula is C18H19NO5S3. The number of hydrogen-bond acceptors (Lipinski definition) is 7. The molecule has 6 nitrogen and oxygen atoms in total. The van der Waals surface area contributed by atoms with Crippen LogP contribution in [-0.4, -0.2) is 32.3 Å². The van der Waals surface area contributed by atoms with E-state index in [4.69, 9.17) is 4.74 Å². The van der Waals surface area contributed by atoms with Crippen molar-refractivity contribution in [3.8, 4) is 0 Å². The van der Waals surface area contributed by atoms with E-state index < -0.39 is 10.1 Å². The lowest BCUT2D eigenvalue weighted by Gasteiger charge is -2.05. The molecule has 0 radical (unpaired) electrons. The molecule has 3 aromatic rings. The standard InChI is InChI=1S/C11H12NO2S2.C7H8O3S/c1-12-8-5-4-7(10(13)14-2)6-9(8)16-11(12)15-3;1-6-2-4-7(5-3-6)11(8,9)10/h4-6H,1-3H3;2-5H,1H3,(H,8,9,10)/q+1;/p-1. The summed E-state index contributed by atoms with van der Waals surface area (Å²) in [4.78, 5) is 11.2. The van der Waals surface area contributed by atoms with Crippen molar-refractivity contribution in [3.63, 3.8) is 0 Å². The quantitative estimate of drug-likeness (QED) is 0.277. The Morgan fingerprint density at radius 2 is 1.81 bits per heavy atom. The van der Waals surface area contributed by atoms with Crippen molar-refractivity contribution in [2.75, 3.05) is 13.4 Å². The van der Waals surface area contributed by atoms with Crippen LogP contribution in [0.3, 0.4) is 0 Å². The SMILES string of the molecule is COC(=O)c1ccc2c(c1)sc(SC)[n+]2C.Cc1ccc(S(=O)(=O)[O-])cc1. The van der Waals surface area contributed by atoms with Gasteiger partial charge in [0.05, 0.1) is 17.6 Å². The van der Waals surface area contributed by atoms with Gasteiger partial charge in [0.15, 0.2) is 0 Å². The Bertz CT molecular complexity index is 1060. The number of esters is 1. The third-order valence-electron chi connectivity index (χ3n) is 3.70. The summed E-state index contributed by atoms with van der Waals surface area (Å²) in [5.41, 5.74) is 2.67. The predicted molar refractivity (Wildman–Crippen MR) is 105 cm³/mol. The fourth-order valence-electron chi connectivity index (χ4n) is 2.26. The largest absolute Gasteiger partial charge is 0.744 e. The summed E-state index contributed by atoms with van der Waals surface area (Å²) in [5.74, 6) is -0.288. The highest BCUT2D eigenvalue weighted by atomic mass is 32.2. The van der Waals surface area contributed by atoms with E-state index in [0.29, 0.717) is 5.56 Å². The molecule has 0 unspecified atom stereocenters. The monoisotopic (exact) mass is 425 g/mol. The van der Waals surface area contributed by atoms with Crippen LogP contribution in [0, 0.1) is 6.92 Å². The minimum absolute atomic E-state index is 0.178. The summed E-state index contributed by atoms with van der Waals surface area (Å²) < 4.78 is 40.3. The van der Waals surface area contributed by atoms with Crippen LogP contribution >= 0.6 is 23.1 Å². The van der Waals surface area contributed by atoms with E-state index in [2.05, 4.69) is 4.57 Å². The topological polar surface area (TPSA) is 87.4 Å². The Labute approximate surface area is 166 Å². The van der Waals surface area contributed by atoms with Crippen molar-refractivity contribution in [2.24, 2.45) is 7.05 Å². The molecule has 0 N–H and O–H groups in total. The van der Waals surface area contributed by atoms with E-state index in [0.717, 1.165) is 15.8 Å². The van der Waals surface area contributed by atoms with Crippen LogP contribution in [0.2, 0.25) is 0 Å². The zero-order chi connectivity index (χ0) is 20.2. The first-order chi connectivity index (χ1) is 12.7. The average Bonchev–Trinajstić information content (AvgIpc) is 2.96. The van der Waals surface area contributed by atoms with E-state index in [9.17, 15) is 17.8 Å². The maximum absolute atomic E-state index is 11.4. The van der Waals surface area contributed by atoms with Gasteiger partial charge in [-0.1, -0.05) is 29.0 Å². The molecule has 9 heteroatoms. The first kappa shape index (κ1) is 21.4. The lowest BCUT2D eigenvalue weighted by Crippen LogP contribution is -2.27. The highest BCUT2D eigenvalue weighted by molar-refractivity contribution is 8.00. The number of aromatic nitrogens is 1. The van der Waals surface area contributed by atoms with Gasteiger partial charge in [0.1, 0.15) is 21.9 Å². The summed E-state index contributed by atoms with van der Waals surface area (Å²) >= 11 is 3.39. The van der Waals surface area contributed by atoms with Crippen LogP contribution in [0.1, 0.15) is 15.9 Å². The van der Waals surface area contributed by atoms with Crippen molar-refractivity contribution < 1.29 is 27.1 Å². The molecule has 1 heterocycles. The molecule has 0 aliphatic carbocycles. The first-order valence-electron chi connectivity index (χ1n) is 7.75. The predicted octanol–water partition coefficient (Wildman–Crippen LogP) is 3.13. The molecular weight excluding hydrogens is 406 g/mol. The number of ether oxygens (including phenoxy) is 1. The van der Waals surface area contributed by atoms with Gasteiger partial charge in [0.25, 0.3) is 4.34 Å². The highest BCUT2D eigenvalue weighted by Crippen LogP contribution is 2.26. The molecule has 3 rings (SSSR count). The fraction of sp³-hybridized carbons (Fsp3) is 0.222. The minimum atomic E-state index is -4.27. The Kier molecular flexibility index (Phi) is 6.99. The van der Waals surface area contributed by atoms with Crippen LogP contribution in [0.5, 0.6) is 0 Å². The van der Waals surface area contributed by atoms with Gasteiger partial charge < -0.3 is 9.29 Å². The van der Waals surface area contributed by atoms with Gasteiger partial charge in [-0.3, -0.25) is 0 Å². The normalized spacial score (nSPS) is 11.0. The second kappa shape index (κ2) is 8.83. The molecule has 144 valence electrons. The molecule has 0 aliphatic rings. The number of carbonyl (C=O) groups excluding carboxylic acids is 1. The average molecular weight is 426 g/mol. The molecule has 2 aromatic carbocycles. The van der Waals surface area contributed by atoms with Crippen LogP contribution in [-0.2, 0) is 21.9 Å². The van der Waals surface area contributed by atoms with E-state index in [1.807, 2.05) is 32.4 Å². The Morgan fingerprint density at radius 3 is 2.33 bits per heavy atom. The van der Waals surface area contributed by atoms with Gasteiger partial charge in [-0.25, -0.2) is 13.2 Å². The number of fused-ring (bicyclic) bond motifs is 1. The lowest BCUT2D eigenvalue weighted by molar-refractivity contribution is -0.676. The Balaban J connectivity index is 0.000000208. The van der Waals surface area contributed by atoms with E-state index in [1.165, 1.54) is 23.6 Å². The third-order valence-corrected chi connectivity index (χ3v) is 6.92. The number of rotatable bonds is 3. The van der Waals surface area contributed by atoms with Gasteiger partial charge in [0, 0.05) is 6.07 Å². The second-order valence-electron chi connectivity index (χ2n) is 5.57. The fourth-order valence-corrected chi connectivity index (χ4v) is 4.63. The lowest BCUT2D eigenvalue weighted by atomic mass is 10.2.